The fraction of sp³-hybridized carbons (Fsp3) is 1.00. The molecule has 0 aliphatic heterocycles. The van der Waals surface area contributed by atoms with E-state index in [1.54, 1.807) is 0 Å². The summed E-state index contributed by atoms with van der Waals surface area (Å²) in [6, 6.07) is 0.696. The van der Waals surface area contributed by atoms with Gasteiger partial charge >= 0.3 is 0 Å². The minimum absolute atomic E-state index is 0.314. The minimum Gasteiger partial charge on any atom is -0.396 e. The van der Waals surface area contributed by atoms with Gasteiger partial charge in [-0.25, -0.2) is 0 Å². The van der Waals surface area contributed by atoms with Crippen LogP contribution in [0.25, 0.3) is 0 Å². The third-order valence-electron chi connectivity index (χ3n) is 3.40. The highest BCUT2D eigenvalue weighted by Crippen LogP contribution is 2.27. The number of aliphatic hydroxyl groups is 1. The quantitative estimate of drug-likeness (QED) is 0.643. The SMILES string of the molecule is CCC(NCCCO)C1CCCCC1. The first kappa shape index (κ1) is 12.0. The highest BCUT2D eigenvalue weighted by atomic mass is 16.3. The molecule has 1 aliphatic carbocycles. The summed E-state index contributed by atoms with van der Waals surface area (Å²) in [4.78, 5) is 0. The average Bonchev–Trinajstić information content (AvgIpc) is 2.26. The molecule has 1 atom stereocenters. The van der Waals surface area contributed by atoms with Crippen molar-refractivity contribution < 1.29 is 5.11 Å². The van der Waals surface area contributed by atoms with Crippen molar-refractivity contribution in [1.29, 1.82) is 0 Å². The zero-order chi connectivity index (χ0) is 10.2. The van der Waals surface area contributed by atoms with Crippen LogP contribution in [-0.2, 0) is 0 Å². The lowest BCUT2D eigenvalue weighted by Crippen LogP contribution is -2.37. The van der Waals surface area contributed by atoms with E-state index in [1.165, 1.54) is 38.5 Å². The van der Waals surface area contributed by atoms with Crippen molar-refractivity contribution >= 4 is 0 Å². The van der Waals surface area contributed by atoms with E-state index in [4.69, 9.17) is 5.11 Å². The zero-order valence-corrected chi connectivity index (χ0v) is 9.47. The molecular formula is C12H25NO. The van der Waals surface area contributed by atoms with E-state index >= 15 is 0 Å². The molecular weight excluding hydrogens is 174 g/mol. The molecule has 1 saturated carbocycles. The van der Waals surface area contributed by atoms with Gasteiger partial charge in [-0.1, -0.05) is 26.2 Å². The van der Waals surface area contributed by atoms with Crippen LogP contribution in [0.2, 0.25) is 0 Å². The number of rotatable bonds is 6. The predicted molar refractivity (Wildman–Crippen MR) is 60.4 cm³/mol. The molecule has 1 aliphatic rings. The van der Waals surface area contributed by atoms with Crippen LogP contribution in [0.4, 0.5) is 0 Å². The normalized spacial score (nSPS) is 21.0. The highest BCUT2D eigenvalue weighted by molar-refractivity contribution is 4.78. The van der Waals surface area contributed by atoms with Gasteiger partial charge in [-0.3, -0.25) is 0 Å². The van der Waals surface area contributed by atoms with Crippen LogP contribution in [0.3, 0.4) is 0 Å². The summed E-state index contributed by atoms with van der Waals surface area (Å²) in [6.45, 7) is 3.56. The molecule has 0 radical (unpaired) electrons. The van der Waals surface area contributed by atoms with Gasteiger partial charge in [0.05, 0.1) is 0 Å². The molecule has 2 nitrogen and oxygen atoms in total. The Morgan fingerprint density at radius 3 is 2.57 bits per heavy atom. The molecule has 1 rings (SSSR count). The average molecular weight is 199 g/mol. The van der Waals surface area contributed by atoms with E-state index in [0.717, 1.165) is 18.9 Å². The second-order valence-electron chi connectivity index (χ2n) is 4.44. The first-order valence-electron chi connectivity index (χ1n) is 6.22. The second kappa shape index (κ2) is 7.24. The van der Waals surface area contributed by atoms with Crippen molar-refractivity contribution in [1.82, 2.24) is 5.32 Å². The van der Waals surface area contributed by atoms with Crippen LogP contribution in [0.5, 0.6) is 0 Å². The third kappa shape index (κ3) is 3.97. The molecule has 0 bridgehead atoms. The highest BCUT2D eigenvalue weighted by Gasteiger charge is 2.21. The number of hydrogen-bond acceptors (Lipinski definition) is 2. The van der Waals surface area contributed by atoms with Crippen LogP contribution in [0, 0.1) is 5.92 Å². The van der Waals surface area contributed by atoms with Gasteiger partial charge in [0.2, 0.25) is 0 Å². The van der Waals surface area contributed by atoms with E-state index in [1.807, 2.05) is 0 Å². The largest absolute Gasteiger partial charge is 0.396 e. The summed E-state index contributed by atoms with van der Waals surface area (Å²) in [5.74, 6) is 0.896. The van der Waals surface area contributed by atoms with Crippen LogP contribution in [0.1, 0.15) is 51.9 Å². The number of aliphatic hydroxyl groups excluding tert-OH is 1. The van der Waals surface area contributed by atoms with Gasteiger partial charge in [-0.05, 0) is 38.1 Å². The molecule has 1 fully saturated rings. The van der Waals surface area contributed by atoms with Crippen LogP contribution >= 0.6 is 0 Å². The molecule has 0 heterocycles. The summed E-state index contributed by atoms with van der Waals surface area (Å²) in [6.07, 6.45) is 9.21. The van der Waals surface area contributed by atoms with Crippen LogP contribution < -0.4 is 5.32 Å². The molecule has 0 aromatic carbocycles. The molecule has 0 aromatic heterocycles. The summed E-state index contributed by atoms with van der Waals surface area (Å²) in [5, 5.41) is 12.3. The van der Waals surface area contributed by atoms with Gasteiger partial charge in [-0.15, -0.1) is 0 Å². The minimum atomic E-state index is 0.314. The van der Waals surface area contributed by atoms with Gasteiger partial charge in [-0.2, -0.15) is 0 Å². The van der Waals surface area contributed by atoms with Gasteiger partial charge in [0.25, 0.3) is 0 Å². The lowest BCUT2D eigenvalue weighted by Gasteiger charge is -2.30. The number of nitrogens with one attached hydrogen (secondary N) is 1. The molecule has 0 saturated heterocycles. The first-order chi connectivity index (χ1) is 6.88. The standard InChI is InChI=1S/C12H25NO/c1-2-12(13-9-6-10-14)11-7-4-3-5-8-11/h11-14H,2-10H2,1H3. The van der Waals surface area contributed by atoms with Gasteiger partial charge in [0, 0.05) is 12.6 Å². The Hall–Kier alpha value is -0.0800. The molecule has 0 amide bonds. The van der Waals surface area contributed by atoms with Crippen LogP contribution in [-0.4, -0.2) is 24.3 Å². The topological polar surface area (TPSA) is 32.3 Å². The summed E-state index contributed by atoms with van der Waals surface area (Å²) < 4.78 is 0. The smallest absolute Gasteiger partial charge is 0.0443 e. The Labute approximate surface area is 88.1 Å². The number of hydrogen-bond donors (Lipinski definition) is 2. The lowest BCUT2D eigenvalue weighted by atomic mass is 9.83. The van der Waals surface area contributed by atoms with E-state index in [2.05, 4.69) is 12.2 Å². The van der Waals surface area contributed by atoms with E-state index in [9.17, 15) is 0 Å². The Morgan fingerprint density at radius 1 is 1.29 bits per heavy atom. The lowest BCUT2D eigenvalue weighted by molar-refractivity contribution is 0.246. The second-order valence-corrected chi connectivity index (χ2v) is 4.44. The van der Waals surface area contributed by atoms with Crippen molar-refractivity contribution in [3.8, 4) is 0 Å². The van der Waals surface area contributed by atoms with Crippen molar-refractivity contribution in [3.63, 3.8) is 0 Å². The molecule has 1 unspecified atom stereocenters. The van der Waals surface area contributed by atoms with Crippen molar-refractivity contribution in [2.75, 3.05) is 13.2 Å². The maximum absolute atomic E-state index is 8.72. The molecule has 84 valence electrons. The fourth-order valence-corrected chi connectivity index (χ4v) is 2.55. The first-order valence-corrected chi connectivity index (χ1v) is 6.22. The van der Waals surface area contributed by atoms with Crippen molar-refractivity contribution in [3.05, 3.63) is 0 Å². The van der Waals surface area contributed by atoms with Crippen LogP contribution in [0.15, 0.2) is 0 Å². The van der Waals surface area contributed by atoms with E-state index in [-0.39, 0.29) is 0 Å². The predicted octanol–water partition coefficient (Wildman–Crippen LogP) is 2.32. The summed E-state index contributed by atoms with van der Waals surface area (Å²) in [7, 11) is 0. The van der Waals surface area contributed by atoms with Gasteiger partial charge < -0.3 is 10.4 Å². The van der Waals surface area contributed by atoms with Gasteiger partial charge in [0.15, 0.2) is 0 Å². The maximum Gasteiger partial charge on any atom is 0.0443 e. The summed E-state index contributed by atoms with van der Waals surface area (Å²) >= 11 is 0. The molecule has 2 N–H and O–H groups in total. The fourth-order valence-electron chi connectivity index (χ4n) is 2.55. The molecule has 0 aromatic rings. The maximum atomic E-state index is 8.72. The molecule has 0 spiro atoms. The Bertz CT molecular complexity index is 132. The Morgan fingerprint density at radius 2 is 2.00 bits per heavy atom. The Balaban J connectivity index is 2.21. The zero-order valence-electron chi connectivity index (χ0n) is 9.47. The Kier molecular flexibility index (Phi) is 6.20. The molecule has 14 heavy (non-hydrogen) atoms. The van der Waals surface area contributed by atoms with E-state index in [0.29, 0.717) is 12.6 Å². The monoisotopic (exact) mass is 199 g/mol. The van der Waals surface area contributed by atoms with E-state index < -0.39 is 0 Å². The van der Waals surface area contributed by atoms with Crippen molar-refractivity contribution in [2.24, 2.45) is 5.92 Å². The molecule has 2 heteroatoms. The summed E-state index contributed by atoms with van der Waals surface area (Å²) in [5.41, 5.74) is 0. The van der Waals surface area contributed by atoms with Crippen molar-refractivity contribution in [2.45, 2.75) is 57.9 Å². The van der Waals surface area contributed by atoms with Gasteiger partial charge in [0.1, 0.15) is 0 Å². The third-order valence-corrected chi connectivity index (χ3v) is 3.40.